The molecule has 1 heterocycles. The van der Waals surface area contributed by atoms with E-state index in [1.54, 1.807) is 12.1 Å². The summed E-state index contributed by atoms with van der Waals surface area (Å²) >= 11 is 0. The van der Waals surface area contributed by atoms with Crippen molar-refractivity contribution >= 4 is 21.6 Å². The van der Waals surface area contributed by atoms with Crippen molar-refractivity contribution in [3.05, 3.63) is 53.7 Å². The fraction of sp³-hybridized carbons (Fsp3) is 0.368. The molecule has 1 fully saturated rings. The SMILES string of the molecule is CC(C)Oc1ccc(NC(=O)C2(NS(=O)(=O)Cc3ccc(F)cc3F)CC2)cn1. The number of carbonyl (C=O) groups excluding carboxylic acids is 1. The lowest BCUT2D eigenvalue weighted by atomic mass is 10.2. The minimum atomic E-state index is -4.03. The van der Waals surface area contributed by atoms with Crippen LogP contribution in [0.2, 0.25) is 0 Å². The fourth-order valence-corrected chi connectivity index (χ4v) is 4.30. The van der Waals surface area contributed by atoms with E-state index in [4.69, 9.17) is 4.74 Å². The van der Waals surface area contributed by atoms with Crippen LogP contribution in [-0.2, 0) is 20.6 Å². The standard InChI is InChI=1S/C19H21F2N3O4S/c1-12(2)28-17-6-5-15(10-22-17)23-18(25)19(7-8-19)24-29(26,27)11-13-3-4-14(20)9-16(13)21/h3-6,9-10,12,24H,7-8,11H2,1-2H3,(H,23,25). The van der Waals surface area contributed by atoms with Gasteiger partial charge in [-0.05, 0) is 38.8 Å². The second kappa shape index (κ2) is 8.03. The monoisotopic (exact) mass is 425 g/mol. The highest BCUT2D eigenvalue weighted by molar-refractivity contribution is 7.88. The van der Waals surface area contributed by atoms with Crippen LogP contribution in [0, 0.1) is 11.6 Å². The third-order valence-corrected chi connectivity index (χ3v) is 5.64. The van der Waals surface area contributed by atoms with E-state index in [1.807, 2.05) is 13.8 Å². The van der Waals surface area contributed by atoms with Crippen LogP contribution in [0.3, 0.4) is 0 Å². The second-order valence-corrected chi connectivity index (χ2v) is 8.91. The maximum atomic E-state index is 13.8. The summed E-state index contributed by atoms with van der Waals surface area (Å²) < 4.78 is 59.4. The smallest absolute Gasteiger partial charge is 0.245 e. The van der Waals surface area contributed by atoms with Crippen LogP contribution in [-0.4, -0.2) is 31.0 Å². The van der Waals surface area contributed by atoms with Gasteiger partial charge < -0.3 is 10.1 Å². The summed E-state index contributed by atoms with van der Waals surface area (Å²) in [7, 11) is -4.03. The predicted molar refractivity (Wildman–Crippen MR) is 103 cm³/mol. The quantitative estimate of drug-likeness (QED) is 0.678. The van der Waals surface area contributed by atoms with Gasteiger partial charge in [0.25, 0.3) is 0 Å². The van der Waals surface area contributed by atoms with Crippen LogP contribution in [0.4, 0.5) is 14.5 Å². The molecule has 3 rings (SSSR count). The van der Waals surface area contributed by atoms with Gasteiger partial charge in [-0.2, -0.15) is 4.72 Å². The number of pyridine rings is 1. The van der Waals surface area contributed by atoms with Crippen LogP contribution >= 0.6 is 0 Å². The van der Waals surface area contributed by atoms with Crippen molar-refractivity contribution in [1.29, 1.82) is 0 Å². The molecule has 10 heteroatoms. The summed E-state index contributed by atoms with van der Waals surface area (Å²) in [6.07, 6.45) is 1.99. The van der Waals surface area contributed by atoms with E-state index < -0.39 is 38.9 Å². The number of rotatable bonds is 8. The maximum absolute atomic E-state index is 13.8. The normalized spacial score (nSPS) is 15.2. The molecule has 1 aromatic carbocycles. The van der Waals surface area contributed by atoms with Crippen molar-refractivity contribution in [2.24, 2.45) is 0 Å². The third-order valence-electron chi connectivity index (χ3n) is 4.25. The molecule has 1 saturated carbocycles. The zero-order valence-electron chi connectivity index (χ0n) is 15.9. The van der Waals surface area contributed by atoms with Crippen molar-refractivity contribution in [3.8, 4) is 5.88 Å². The highest BCUT2D eigenvalue weighted by Crippen LogP contribution is 2.37. The summed E-state index contributed by atoms with van der Waals surface area (Å²) in [5, 5.41) is 2.62. The number of halogens is 2. The highest BCUT2D eigenvalue weighted by atomic mass is 32.2. The molecule has 0 atom stereocenters. The van der Waals surface area contributed by atoms with Gasteiger partial charge in [0.1, 0.15) is 17.2 Å². The Morgan fingerprint density at radius 1 is 1.24 bits per heavy atom. The number of nitrogens with one attached hydrogen (secondary N) is 2. The minimum absolute atomic E-state index is 0.0435. The first-order chi connectivity index (χ1) is 13.6. The van der Waals surface area contributed by atoms with Gasteiger partial charge in [0, 0.05) is 17.7 Å². The number of anilines is 1. The number of hydrogen-bond donors (Lipinski definition) is 2. The van der Waals surface area contributed by atoms with Gasteiger partial charge in [-0.15, -0.1) is 0 Å². The van der Waals surface area contributed by atoms with Crippen LogP contribution in [0.15, 0.2) is 36.5 Å². The molecule has 7 nitrogen and oxygen atoms in total. The van der Waals surface area contributed by atoms with E-state index in [1.165, 1.54) is 6.20 Å². The summed E-state index contributed by atoms with van der Waals surface area (Å²) in [5.41, 5.74) is -1.08. The van der Waals surface area contributed by atoms with Crippen LogP contribution in [0.25, 0.3) is 0 Å². The van der Waals surface area contributed by atoms with Crippen molar-refractivity contribution in [2.75, 3.05) is 5.32 Å². The molecule has 0 bridgehead atoms. The topological polar surface area (TPSA) is 97.4 Å². The Morgan fingerprint density at radius 2 is 1.97 bits per heavy atom. The second-order valence-electron chi connectivity index (χ2n) is 7.18. The molecule has 0 spiro atoms. The Hall–Kier alpha value is -2.59. The van der Waals surface area contributed by atoms with Gasteiger partial charge in [0.05, 0.1) is 23.7 Å². The lowest BCUT2D eigenvalue weighted by Crippen LogP contribution is -2.46. The fourth-order valence-electron chi connectivity index (χ4n) is 2.69. The van der Waals surface area contributed by atoms with Gasteiger partial charge in [-0.25, -0.2) is 22.2 Å². The largest absolute Gasteiger partial charge is 0.475 e. The van der Waals surface area contributed by atoms with Crippen LogP contribution in [0.5, 0.6) is 5.88 Å². The lowest BCUT2D eigenvalue weighted by molar-refractivity contribution is -0.118. The van der Waals surface area contributed by atoms with Gasteiger partial charge in [0.2, 0.25) is 21.8 Å². The number of carbonyl (C=O) groups is 1. The predicted octanol–water partition coefficient (Wildman–Crippen LogP) is 2.74. The molecule has 0 unspecified atom stereocenters. The third kappa shape index (κ3) is 5.48. The first-order valence-corrected chi connectivity index (χ1v) is 10.6. The molecule has 1 aliphatic carbocycles. The molecule has 0 saturated heterocycles. The van der Waals surface area contributed by atoms with E-state index in [2.05, 4.69) is 15.0 Å². The molecule has 156 valence electrons. The summed E-state index contributed by atoms with van der Waals surface area (Å²) in [6, 6.07) is 5.85. The maximum Gasteiger partial charge on any atom is 0.245 e. The number of amides is 1. The van der Waals surface area contributed by atoms with E-state index in [9.17, 15) is 22.0 Å². The van der Waals surface area contributed by atoms with Gasteiger partial charge in [-0.1, -0.05) is 6.07 Å². The van der Waals surface area contributed by atoms with Gasteiger partial charge in [-0.3, -0.25) is 4.79 Å². The number of ether oxygens (including phenoxy) is 1. The van der Waals surface area contributed by atoms with E-state index >= 15 is 0 Å². The summed E-state index contributed by atoms with van der Waals surface area (Å²) in [6.45, 7) is 3.72. The van der Waals surface area contributed by atoms with Crippen LogP contribution in [0.1, 0.15) is 32.3 Å². The molecular formula is C19H21F2N3O4S. The Labute approximate surface area is 167 Å². The average molecular weight is 425 g/mol. The first-order valence-electron chi connectivity index (χ1n) is 8.98. The summed E-state index contributed by atoms with van der Waals surface area (Å²) in [4.78, 5) is 16.7. The molecule has 29 heavy (non-hydrogen) atoms. The molecule has 1 aliphatic rings. The average Bonchev–Trinajstić information content (AvgIpc) is 3.39. The Kier molecular flexibility index (Phi) is 5.85. The Balaban J connectivity index is 1.65. The van der Waals surface area contributed by atoms with Crippen molar-refractivity contribution in [3.63, 3.8) is 0 Å². The number of hydrogen-bond acceptors (Lipinski definition) is 5. The number of aromatic nitrogens is 1. The molecule has 1 aromatic heterocycles. The highest BCUT2D eigenvalue weighted by Gasteiger charge is 2.52. The Morgan fingerprint density at radius 3 is 2.52 bits per heavy atom. The number of nitrogens with zero attached hydrogens (tertiary/aromatic N) is 1. The molecule has 1 amide bonds. The van der Waals surface area contributed by atoms with E-state index in [0.29, 0.717) is 30.5 Å². The van der Waals surface area contributed by atoms with Crippen molar-refractivity contribution in [2.45, 2.75) is 44.1 Å². The summed E-state index contributed by atoms with van der Waals surface area (Å²) in [5.74, 6) is -2.58. The van der Waals surface area contributed by atoms with Gasteiger partial charge >= 0.3 is 0 Å². The molecule has 0 aliphatic heterocycles. The van der Waals surface area contributed by atoms with Crippen LogP contribution < -0.4 is 14.8 Å². The van der Waals surface area contributed by atoms with E-state index in [-0.39, 0.29) is 11.7 Å². The molecular weight excluding hydrogens is 404 g/mol. The Bertz CT molecular complexity index is 1010. The zero-order valence-corrected chi connectivity index (χ0v) is 16.7. The molecule has 2 N–H and O–H groups in total. The zero-order chi connectivity index (χ0) is 21.2. The van der Waals surface area contributed by atoms with Crippen molar-refractivity contribution in [1.82, 2.24) is 9.71 Å². The lowest BCUT2D eigenvalue weighted by Gasteiger charge is -2.17. The first kappa shape index (κ1) is 21.1. The van der Waals surface area contributed by atoms with Gasteiger partial charge in [0.15, 0.2) is 0 Å². The minimum Gasteiger partial charge on any atom is -0.475 e. The van der Waals surface area contributed by atoms with Crippen molar-refractivity contribution < 1.29 is 26.7 Å². The number of sulfonamides is 1. The number of benzene rings is 1. The molecule has 2 aromatic rings. The molecule has 0 radical (unpaired) electrons. The van der Waals surface area contributed by atoms with E-state index in [0.717, 1.165) is 12.1 Å².